The van der Waals surface area contributed by atoms with E-state index < -0.39 is 10.0 Å². The van der Waals surface area contributed by atoms with Crippen molar-refractivity contribution < 1.29 is 8.42 Å². The predicted octanol–water partition coefficient (Wildman–Crippen LogP) is 2.34. The molecule has 0 saturated carbocycles. The maximum absolute atomic E-state index is 11.3. The van der Waals surface area contributed by atoms with Crippen molar-refractivity contribution in [2.24, 2.45) is 0 Å². The average Bonchev–Trinajstić information content (AvgIpc) is 2.11. The van der Waals surface area contributed by atoms with Gasteiger partial charge in [0.1, 0.15) is 0 Å². The molecule has 4 nitrogen and oxygen atoms in total. The third kappa shape index (κ3) is 3.15. The van der Waals surface area contributed by atoms with E-state index in [0.717, 1.165) is 0 Å². The third-order valence-electron chi connectivity index (χ3n) is 1.72. The van der Waals surface area contributed by atoms with Gasteiger partial charge in [-0.3, -0.25) is 4.72 Å². The van der Waals surface area contributed by atoms with Crippen LogP contribution in [0.5, 0.6) is 0 Å². The summed E-state index contributed by atoms with van der Waals surface area (Å²) in [7, 11) is -3.39. The minimum absolute atomic E-state index is 0.0502. The number of nitrogen functional groups attached to an aromatic ring is 1. The summed E-state index contributed by atoms with van der Waals surface area (Å²) >= 11 is 11.5. The van der Waals surface area contributed by atoms with E-state index in [9.17, 15) is 8.42 Å². The minimum Gasteiger partial charge on any atom is -0.397 e. The van der Waals surface area contributed by atoms with Crippen LogP contribution in [0.25, 0.3) is 0 Å². The first-order valence-electron chi connectivity index (χ1n) is 4.10. The Bertz CT molecular complexity index is 451. The van der Waals surface area contributed by atoms with Gasteiger partial charge in [-0.15, -0.1) is 0 Å². The largest absolute Gasteiger partial charge is 0.397 e. The van der Waals surface area contributed by atoms with Crippen LogP contribution in [0.1, 0.15) is 6.92 Å². The molecule has 0 aliphatic heterocycles. The number of rotatable bonds is 3. The Morgan fingerprint density at radius 2 is 2.00 bits per heavy atom. The van der Waals surface area contributed by atoms with Crippen LogP contribution in [-0.2, 0) is 10.0 Å². The molecule has 1 aromatic carbocycles. The molecule has 0 radical (unpaired) electrons. The molecule has 0 unspecified atom stereocenters. The van der Waals surface area contributed by atoms with Crippen molar-refractivity contribution in [1.82, 2.24) is 0 Å². The molecule has 7 heteroatoms. The zero-order valence-electron chi connectivity index (χ0n) is 7.92. The van der Waals surface area contributed by atoms with Crippen molar-refractivity contribution >= 4 is 44.6 Å². The maximum atomic E-state index is 11.3. The van der Waals surface area contributed by atoms with Crippen LogP contribution in [0.2, 0.25) is 10.0 Å². The monoisotopic (exact) mass is 268 g/mol. The zero-order valence-corrected chi connectivity index (χ0v) is 10.2. The van der Waals surface area contributed by atoms with Gasteiger partial charge < -0.3 is 5.73 Å². The lowest BCUT2D eigenvalue weighted by molar-refractivity contribution is 0.602. The van der Waals surface area contributed by atoms with Crippen molar-refractivity contribution in [1.29, 1.82) is 0 Å². The van der Waals surface area contributed by atoms with Gasteiger partial charge in [-0.1, -0.05) is 23.2 Å². The van der Waals surface area contributed by atoms with Crippen LogP contribution in [0.15, 0.2) is 12.1 Å². The number of nitrogens with one attached hydrogen (secondary N) is 1. The Kier molecular flexibility index (Phi) is 3.70. The Morgan fingerprint density at radius 1 is 1.40 bits per heavy atom. The van der Waals surface area contributed by atoms with Gasteiger partial charge in [-0.2, -0.15) is 0 Å². The summed E-state index contributed by atoms with van der Waals surface area (Å²) in [5, 5.41) is 0.536. The van der Waals surface area contributed by atoms with Crippen LogP contribution < -0.4 is 10.5 Å². The van der Waals surface area contributed by atoms with E-state index in [1.807, 2.05) is 0 Å². The lowest BCUT2D eigenvalue weighted by Gasteiger charge is -2.11. The molecule has 3 N–H and O–H groups in total. The van der Waals surface area contributed by atoms with Gasteiger partial charge in [-0.05, 0) is 19.1 Å². The normalized spacial score (nSPS) is 11.4. The van der Waals surface area contributed by atoms with Gasteiger partial charge in [0.15, 0.2) is 0 Å². The van der Waals surface area contributed by atoms with Crippen LogP contribution >= 0.6 is 23.2 Å². The van der Waals surface area contributed by atoms with Crippen LogP contribution in [0.3, 0.4) is 0 Å². The molecule has 0 heterocycles. The van der Waals surface area contributed by atoms with Crippen molar-refractivity contribution in [3.63, 3.8) is 0 Å². The molecule has 0 aliphatic carbocycles. The summed E-state index contributed by atoms with van der Waals surface area (Å²) < 4.78 is 24.9. The van der Waals surface area contributed by atoms with Crippen molar-refractivity contribution in [2.75, 3.05) is 16.2 Å². The second kappa shape index (κ2) is 4.47. The smallest absolute Gasteiger partial charge is 0.232 e. The SMILES string of the molecule is CCS(=O)(=O)Nc1c(N)cc(Cl)cc1Cl. The highest BCUT2D eigenvalue weighted by Gasteiger charge is 2.13. The van der Waals surface area contributed by atoms with Gasteiger partial charge in [0, 0.05) is 5.02 Å². The molecule has 0 spiro atoms. The number of benzene rings is 1. The molecule has 15 heavy (non-hydrogen) atoms. The Hall–Kier alpha value is -0.650. The second-order valence-electron chi connectivity index (χ2n) is 2.86. The summed E-state index contributed by atoms with van der Waals surface area (Å²) in [6.07, 6.45) is 0. The number of halogens is 2. The van der Waals surface area contributed by atoms with Gasteiger partial charge in [-0.25, -0.2) is 8.42 Å². The second-order valence-corrected chi connectivity index (χ2v) is 5.71. The van der Waals surface area contributed by atoms with Crippen LogP contribution in [0, 0.1) is 0 Å². The first kappa shape index (κ1) is 12.4. The molecular formula is C8H10Cl2N2O2S. The highest BCUT2D eigenvalue weighted by Crippen LogP contribution is 2.32. The molecular weight excluding hydrogens is 259 g/mol. The third-order valence-corrected chi connectivity index (χ3v) is 3.51. The number of sulfonamides is 1. The Balaban J connectivity index is 3.17. The van der Waals surface area contributed by atoms with Crippen LogP contribution in [0.4, 0.5) is 11.4 Å². The van der Waals surface area contributed by atoms with Gasteiger partial charge >= 0.3 is 0 Å². The van der Waals surface area contributed by atoms with E-state index in [1.165, 1.54) is 19.1 Å². The highest BCUT2D eigenvalue weighted by atomic mass is 35.5. The molecule has 0 atom stereocenters. The first-order valence-corrected chi connectivity index (χ1v) is 6.51. The number of hydrogen-bond acceptors (Lipinski definition) is 3. The lowest BCUT2D eigenvalue weighted by atomic mass is 10.3. The van der Waals surface area contributed by atoms with Gasteiger partial charge in [0.25, 0.3) is 0 Å². The fourth-order valence-corrected chi connectivity index (χ4v) is 2.22. The van der Waals surface area contributed by atoms with E-state index in [4.69, 9.17) is 28.9 Å². The average molecular weight is 269 g/mol. The summed E-state index contributed by atoms with van der Waals surface area (Å²) in [6, 6.07) is 2.86. The summed E-state index contributed by atoms with van der Waals surface area (Å²) in [5.74, 6) is -0.0502. The molecule has 84 valence electrons. The maximum Gasteiger partial charge on any atom is 0.232 e. The number of anilines is 2. The van der Waals surface area contributed by atoms with E-state index in [2.05, 4.69) is 4.72 Å². The minimum atomic E-state index is -3.39. The molecule has 0 aromatic heterocycles. The molecule has 0 saturated heterocycles. The molecule has 1 rings (SSSR count). The molecule has 0 bridgehead atoms. The van der Waals surface area contributed by atoms with Gasteiger partial charge in [0.05, 0.1) is 22.2 Å². The fraction of sp³-hybridized carbons (Fsp3) is 0.250. The summed E-state index contributed by atoms with van der Waals surface area (Å²) in [5.41, 5.74) is 5.96. The van der Waals surface area contributed by atoms with Crippen molar-refractivity contribution in [2.45, 2.75) is 6.92 Å². The summed E-state index contributed by atoms with van der Waals surface area (Å²) in [4.78, 5) is 0. The lowest BCUT2D eigenvalue weighted by Crippen LogP contribution is -2.16. The Labute approximate surface area is 98.4 Å². The molecule has 0 amide bonds. The zero-order chi connectivity index (χ0) is 11.6. The van der Waals surface area contributed by atoms with E-state index >= 15 is 0 Å². The first-order chi connectivity index (χ1) is 6.85. The van der Waals surface area contributed by atoms with E-state index in [1.54, 1.807) is 0 Å². The van der Waals surface area contributed by atoms with E-state index in [-0.39, 0.29) is 22.2 Å². The topological polar surface area (TPSA) is 72.2 Å². The number of nitrogens with two attached hydrogens (primary N) is 1. The fourth-order valence-electron chi connectivity index (χ4n) is 0.929. The van der Waals surface area contributed by atoms with Crippen molar-refractivity contribution in [3.05, 3.63) is 22.2 Å². The highest BCUT2D eigenvalue weighted by molar-refractivity contribution is 7.92. The quantitative estimate of drug-likeness (QED) is 0.827. The molecule has 0 fully saturated rings. The Morgan fingerprint density at radius 3 is 2.47 bits per heavy atom. The molecule has 1 aromatic rings. The molecule has 0 aliphatic rings. The van der Waals surface area contributed by atoms with Gasteiger partial charge in [0.2, 0.25) is 10.0 Å². The predicted molar refractivity (Wildman–Crippen MR) is 64.0 cm³/mol. The van der Waals surface area contributed by atoms with E-state index in [0.29, 0.717) is 5.02 Å². The summed E-state index contributed by atoms with van der Waals surface area (Å²) in [6.45, 7) is 1.52. The van der Waals surface area contributed by atoms with Crippen LogP contribution in [-0.4, -0.2) is 14.2 Å². The van der Waals surface area contributed by atoms with Crippen molar-refractivity contribution in [3.8, 4) is 0 Å². The number of hydrogen-bond donors (Lipinski definition) is 2. The standard InChI is InChI=1S/C8H10Cl2N2O2S/c1-2-15(13,14)12-8-6(10)3-5(9)4-7(8)11/h3-4,12H,2,11H2,1H3.